The van der Waals surface area contributed by atoms with Gasteiger partial charge in [0.15, 0.2) is 11.9 Å². The number of anilines is 1. The van der Waals surface area contributed by atoms with Crippen LogP contribution in [0.4, 0.5) is 5.82 Å². The molecule has 0 unspecified atom stereocenters. The number of esters is 1. The SMILES string of the molecule is Cc1cc(NC(=O)CSCC(=O)O[C@@H](C)C(=O)c2ccc(C)c(C)c2)no1. The second-order valence-electron chi connectivity index (χ2n) is 6.16. The third-order valence-electron chi connectivity index (χ3n) is 3.82. The summed E-state index contributed by atoms with van der Waals surface area (Å²) in [5, 5.41) is 6.21. The van der Waals surface area contributed by atoms with Crippen molar-refractivity contribution in [3.05, 3.63) is 46.7 Å². The Labute approximate surface area is 161 Å². The lowest BCUT2D eigenvalue weighted by Gasteiger charge is -2.13. The predicted molar refractivity (Wildman–Crippen MR) is 103 cm³/mol. The molecule has 0 fully saturated rings. The Morgan fingerprint density at radius 3 is 2.52 bits per heavy atom. The average Bonchev–Trinajstić information content (AvgIpc) is 3.01. The van der Waals surface area contributed by atoms with E-state index in [1.165, 1.54) is 0 Å². The Bertz CT molecular complexity index is 846. The van der Waals surface area contributed by atoms with Crippen molar-refractivity contribution in [2.75, 3.05) is 16.8 Å². The van der Waals surface area contributed by atoms with Crippen LogP contribution in [0.5, 0.6) is 0 Å². The molecule has 7 nitrogen and oxygen atoms in total. The summed E-state index contributed by atoms with van der Waals surface area (Å²) in [4.78, 5) is 36.0. The molecule has 1 aromatic carbocycles. The molecule has 0 saturated carbocycles. The van der Waals surface area contributed by atoms with Crippen molar-refractivity contribution in [1.82, 2.24) is 5.16 Å². The lowest BCUT2D eigenvalue weighted by atomic mass is 10.0. The molecule has 0 aliphatic carbocycles. The van der Waals surface area contributed by atoms with Gasteiger partial charge in [0.2, 0.25) is 11.7 Å². The van der Waals surface area contributed by atoms with Gasteiger partial charge in [-0.2, -0.15) is 0 Å². The number of aryl methyl sites for hydroxylation is 3. The molecular formula is C19H22N2O5S. The number of aromatic nitrogens is 1. The fourth-order valence-electron chi connectivity index (χ4n) is 2.25. The maximum absolute atomic E-state index is 12.4. The normalized spacial score (nSPS) is 11.7. The number of Topliss-reactive ketones (excluding diaryl/α,β-unsaturated/α-hetero) is 1. The second kappa shape index (κ2) is 9.36. The van der Waals surface area contributed by atoms with E-state index in [2.05, 4.69) is 10.5 Å². The molecule has 1 atom stereocenters. The number of ketones is 1. The Balaban J connectivity index is 1.75. The first-order chi connectivity index (χ1) is 12.8. The fraction of sp³-hybridized carbons (Fsp3) is 0.368. The number of hydrogen-bond acceptors (Lipinski definition) is 7. The molecule has 0 radical (unpaired) electrons. The number of carbonyl (C=O) groups is 3. The standard InChI is InChI=1S/C19H22N2O5S/c1-11-5-6-15(7-12(11)2)19(24)14(4)25-18(23)10-27-9-17(22)20-16-8-13(3)26-21-16/h5-8,14H,9-10H2,1-4H3,(H,20,21,22)/t14-/m0/s1. The zero-order valence-corrected chi connectivity index (χ0v) is 16.5. The highest BCUT2D eigenvalue weighted by atomic mass is 32.2. The van der Waals surface area contributed by atoms with Gasteiger partial charge in [-0.1, -0.05) is 17.3 Å². The van der Waals surface area contributed by atoms with Crippen molar-refractivity contribution in [1.29, 1.82) is 0 Å². The summed E-state index contributed by atoms with van der Waals surface area (Å²) in [6, 6.07) is 6.96. The molecule has 0 aliphatic heterocycles. The number of amides is 1. The molecule has 8 heteroatoms. The summed E-state index contributed by atoms with van der Waals surface area (Å²) >= 11 is 1.09. The number of thioether (sulfide) groups is 1. The van der Waals surface area contributed by atoms with E-state index >= 15 is 0 Å². The molecule has 0 saturated heterocycles. The van der Waals surface area contributed by atoms with Crippen LogP contribution >= 0.6 is 11.8 Å². The molecule has 1 aromatic heterocycles. The van der Waals surface area contributed by atoms with E-state index in [4.69, 9.17) is 9.26 Å². The predicted octanol–water partition coefficient (Wildman–Crippen LogP) is 3.09. The summed E-state index contributed by atoms with van der Waals surface area (Å²) in [6.45, 7) is 7.14. The third kappa shape index (κ3) is 6.25. The van der Waals surface area contributed by atoms with Gasteiger partial charge in [0.25, 0.3) is 0 Å². The number of ether oxygens (including phenoxy) is 1. The van der Waals surface area contributed by atoms with Crippen LogP contribution in [0, 0.1) is 20.8 Å². The van der Waals surface area contributed by atoms with E-state index in [0.717, 1.165) is 22.9 Å². The molecular weight excluding hydrogens is 368 g/mol. The summed E-state index contributed by atoms with van der Waals surface area (Å²) in [6.07, 6.45) is -0.882. The van der Waals surface area contributed by atoms with Crippen molar-refractivity contribution in [3.63, 3.8) is 0 Å². The van der Waals surface area contributed by atoms with Crippen LogP contribution in [0.2, 0.25) is 0 Å². The lowest BCUT2D eigenvalue weighted by Crippen LogP contribution is -2.26. The highest BCUT2D eigenvalue weighted by Crippen LogP contribution is 2.14. The van der Waals surface area contributed by atoms with Crippen LogP contribution in [-0.4, -0.2) is 40.4 Å². The van der Waals surface area contributed by atoms with Gasteiger partial charge in [0.1, 0.15) is 5.76 Å². The Kier molecular flexibility index (Phi) is 7.18. The van der Waals surface area contributed by atoms with Gasteiger partial charge >= 0.3 is 5.97 Å². The number of rotatable bonds is 8. The number of nitrogens with zero attached hydrogens (tertiary/aromatic N) is 1. The maximum atomic E-state index is 12.4. The molecule has 1 N–H and O–H groups in total. The summed E-state index contributed by atoms with van der Waals surface area (Å²) < 4.78 is 10.0. The zero-order chi connectivity index (χ0) is 20.0. The molecule has 1 amide bonds. The smallest absolute Gasteiger partial charge is 0.316 e. The lowest BCUT2D eigenvalue weighted by molar-refractivity contribution is -0.143. The second-order valence-corrected chi connectivity index (χ2v) is 7.14. The van der Waals surface area contributed by atoms with E-state index in [1.54, 1.807) is 32.0 Å². The number of carbonyl (C=O) groups excluding carboxylic acids is 3. The van der Waals surface area contributed by atoms with E-state index in [0.29, 0.717) is 17.1 Å². The Hall–Kier alpha value is -2.61. The summed E-state index contributed by atoms with van der Waals surface area (Å²) in [7, 11) is 0. The fourth-order valence-corrected chi connectivity index (χ4v) is 2.84. The number of hydrogen-bond donors (Lipinski definition) is 1. The average molecular weight is 390 g/mol. The Morgan fingerprint density at radius 2 is 1.89 bits per heavy atom. The topological polar surface area (TPSA) is 98.5 Å². The number of nitrogens with one attached hydrogen (secondary N) is 1. The molecule has 2 aromatic rings. The summed E-state index contributed by atoms with van der Waals surface area (Å²) in [5.74, 6) is -0.168. The van der Waals surface area contributed by atoms with Gasteiger partial charge in [-0.05, 0) is 44.9 Å². The maximum Gasteiger partial charge on any atom is 0.316 e. The van der Waals surface area contributed by atoms with Crippen molar-refractivity contribution >= 4 is 35.2 Å². The van der Waals surface area contributed by atoms with Gasteiger partial charge in [-0.15, -0.1) is 11.8 Å². The first-order valence-corrected chi connectivity index (χ1v) is 9.53. The quantitative estimate of drug-likeness (QED) is 0.546. The molecule has 144 valence electrons. The van der Waals surface area contributed by atoms with Crippen LogP contribution in [-0.2, 0) is 14.3 Å². The van der Waals surface area contributed by atoms with Crippen LogP contribution in [0.3, 0.4) is 0 Å². The molecule has 27 heavy (non-hydrogen) atoms. The zero-order valence-electron chi connectivity index (χ0n) is 15.7. The van der Waals surface area contributed by atoms with Crippen molar-refractivity contribution in [2.24, 2.45) is 0 Å². The van der Waals surface area contributed by atoms with Crippen LogP contribution in [0.15, 0.2) is 28.8 Å². The van der Waals surface area contributed by atoms with E-state index in [-0.39, 0.29) is 23.2 Å². The molecule has 2 rings (SSSR count). The highest BCUT2D eigenvalue weighted by Gasteiger charge is 2.20. The van der Waals surface area contributed by atoms with Crippen LogP contribution in [0.25, 0.3) is 0 Å². The minimum atomic E-state index is -0.882. The van der Waals surface area contributed by atoms with Gasteiger partial charge in [0.05, 0.1) is 11.5 Å². The van der Waals surface area contributed by atoms with Gasteiger partial charge in [-0.3, -0.25) is 14.4 Å². The highest BCUT2D eigenvalue weighted by molar-refractivity contribution is 8.00. The summed E-state index contributed by atoms with van der Waals surface area (Å²) in [5.41, 5.74) is 2.60. The minimum Gasteiger partial charge on any atom is -0.454 e. The van der Waals surface area contributed by atoms with Crippen molar-refractivity contribution in [3.8, 4) is 0 Å². The Morgan fingerprint density at radius 1 is 1.15 bits per heavy atom. The van der Waals surface area contributed by atoms with Gasteiger partial charge < -0.3 is 14.6 Å². The van der Waals surface area contributed by atoms with Gasteiger partial charge in [-0.25, -0.2) is 0 Å². The molecule has 0 bridgehead atoms. The molecule has 1 heterocycles. The van der Waals surface area contributed by atoms with Crippen LogP contribution < -0.4 is 5.32 Å². The van der Waals surface area contributed by atoms with E-state index in [9.17, 15) is 14.4 Å². The van der Waals surface area contributed by atoms with Crippen molar-refractivity contribution < 1.29 is 23.6 Å². The van der Waals surface area contributed by atoms with Crippen molar-refractivity contribution in [2.45, 2.75) is 33.8 Å². The monoisotopic (exact) mass is 390 g/mol. The first-order valence-electron chi connectivity index (χ1n) is 8.38. The molecule has 0 aliphatic rings. The minimum absolute atomic E-state index is 0.0319. The third-order valence-corrected chi connectivity index (χ3v) is 4.72. The van der Waals surface area contributed by atoms with E-state index < -0.39 is 12.1 Å². The molecule has 0 spiro atoms. The van der Waals surface area contributed by atoms with Crippen LogP contribution in [0.1, 0.15) is 34.2 Å². The van der Waals surface area contributed by atoms with E-state index in [1.807, 2.05) is 19.9 Å². The number of benzene rings is 1. The van der Waals surface area contributed by atoms with Gasteiger partial charge in [0, 0.05) is 11.6 Å². The largest absolute Gasteiger partial charge is 0.454 e. The first kappa shape index (κ1) is 20.7.